The molecule has 0 aliphatic carbocycles. The van der Waals surface area contributed by atoms with Gasteiger partial charge >= 0.3 is 0 Å². The molecule has 0 bridgehead atoms. The molecule has 0 saturated heterocycles. The molecule has 0 saturated carbocycles. The Kier molecular flexibility index (Phi) is 3.76. The van der Waals surface area contributed by atoms with Crippen LogP contribution in [0.5, 0.6) is 0 Å². The van der Waals surface area contributed by atoms with E-state index in [1.807, 2.05) is 0 Å². The van der Waals surface area contributed by atoms with Gasteiger partial charge in [-0.25, -0.2) is 0 Å². The van der Waals surface area contributed by atoms with Gasteiger partial charge in [0, 0.05) is 17.9 Å². The molecule has 3 nitrogen and oxygen atoms in total. The van der Waals surface area contributed by atoms with Gasteiger partial charge in [-0.15, -0.1) is 0 Å². The zero-order valence-corrected chi connectivity index (χ0v) is 8.21. The van der Waals surface area contributed by atoms with Gasteiger partial charge in [-0.3, -0.25) is 10.1 Å². The molecule has 13 heavy (non-hydrogen) atoms. The Labute approximate surface area is 81.3 Å². The summed E-state index contributed by atoms with van der Waals surface area (Å²) < 4.78 is 0. The highest BCUT2D eigenvalue weighted by Crippen LogP contribution is 2.16. The molecule has 0 unspecified atom stereocenters. The lowest BCUT2D eigenvalue weighted by molar-refractivity contribution is -0.384. The minimum atomic E-state index is -0.378. The van der Waals surface area contributed by atoms with Crippen molar-refractivity contribution in [3.8, 4) is 0 Å². The molecule has 0 fully saturated rings. The maximum Gasteiger partial charge on any atom is 0.269 e. The molecular weight excluding hydrogens is 186 g/mol. The normalized spacial score (nSPS) is 9.92. The number of thioether (sulfide) groups is 1. The van der Waals surface area contributed by atoms with Crippen LogP contribution in [0.2, 0.25) is 0 Å². The van der Waals surface area contributed by atoms with Crippen LogP contribution < -0.4 is 0 Å². The van der Waals surface area contributed by atoms with Crippen LogP contribution in [-0.4, -0.2) is 10.7 Å². The van der Waals surface area contributed by atoms with E-state index in [4.69, 9.17) is 0 Å². The highest BCUT2D eigenvalue weighted by molar-refractivity contribution is 7.98. The second kappa shape index (κ2) is 4.87. The average Bonchev–Trinajstić information content (AvgIpc) is 2.15. The number of nitrogens with zero attached hydrogens (tertiary/aromatic N) is 1. The first-order valence-corrected chi connectivity index (χ1v) is 5.20. The van der Waals surface area contributed by atoms with Crippen molar-refractivity contribution < 1.29 is 4.92 Å². The molecule has 1 rings (SSSR count). The molecule has 1 aromatic rings. The summed E-state index contributed by atoms with van der Waals surface area (Å²) in [6, 6.07) is 6.71. The molecule has 0 aromatic heterocycles. The second-order valence-corrected chi connectivity index (χ2v) is 3.83. The van der Waals surface area contributed by atoms with Crippen LogP contribution in [0.3, 0.4) is 0 Å². The van der Waals surface area contributed by atoms with Crippen molar-refractivity contribution in [1.82, 2.24) is 0 Å². The summed E-state index contributed by atoms with van der Waals surface area (Å²) in [5, 5.41) is 10.3. The molecule has 4 heteroatoms. The molecule has 0 aliphatic heterocycles. The van der Waals surface area contributed by atoms with Crippen molar-refractivity contribution in [2.75, 3.05) is 5.75 Å². The summed E-state index contributed by atoms with van der Waals surface area (Å²) in [6.07, 6.45) is 0. The van der Waals surface area contributed by atoms with Gasteiger partial charge in [-0.05, 0) is 11.3 Å². The van der Waals surface area contributed by atoms with Gasteiger partial charge in [0.05, 0.1) is 4.92 Å². The summed E-state index contributed by atoms with van der Waals surface area (Å²) in [6.45, 7) is 2.09. The predicted molar refractivity (Wildman–Crippen MR) is 54.9 cm³/mol. The van der Waals surface area contributed by atoms with Gasteiger partial charge in [0.1, 0.15) is 0 Å². The van der Waals surface area contributed by atoms with Gasteiger partial charge in [-0.2, -0.15) is 11.8 Å². The largest absolute Gasteiger partial charge is 0.269 e. The lowest BCUT2D eigenvalue weighted by Gasteiger charge is -1.98. The van der Waals surface area contributed by atoms with E-state index in [2.05, 4.69) is 6.92 Å². The van der Waals surface area contributed by atoms with Gasteiger partial charge in [0.2, 0.25) is 0 Å². The molecular formula is C9H11NO2S. The minimum Gasteiger partial charge on any atom is -0.258 e. The van der Waals surface area contributed by atoms with E-state index in [0.29, 0.717) is 0 Å². The van der Waals surface area contributed by atoms with Crippen molar-refractivity contribution in [3.63, 3.8) is 0 Å². The molecule has 0 aliphatic rings. The fraction of sp³-hybridized carbons (Fsp3) is 0.333. The Morgan fingerprint density at radius 2 is 2.00 bits per heavy atom. The van der Waals surface area contributed by atoms with E-state index in [9.17, 15) is 10.1 Å². The smallest absolute Gasteiger partial charge is 0.258 e. The summed E-state index contributed by atoms with van der Waals surface area (Å²) >= 11 is 1.81. The molecule has 0 heterocycles. The lowest BCUT2D eigenvalue weighted by atomic mass is 10.2. The molecule has 0 spiro atoms. The molecule has 0 atom stereocenters. The lowest BCUT2D eigenvalue weighted by Crippen LogP contribution is -1.88. The fourth-order valence-electron chi connectivity index (χ4n) is 0.934. The first kappa shape index (κ1) is 10.1. The zero-order chi connectivity index (χ0) is 9.68. The third-order valence-electron chi connectivity index (χ3n) is 1.62. The van der Waals surface area contributed by atoms with Crippen LogP contribution in [0, 0.1) is 10.1 Å². The van der Waals surface area contributed by atoms with Gasteiger partial charge in [0.15, 0.2) is 0 Å². The standard InChI is InChI=1S/C9H11NO2S/c1-2-13-7-8-3-5-9(6-4-8)10(11)12/h3-6H,2,7H2,1H3. The third kappa shape index (κ3) is 3.06. The highest BCUT2D eigenvalue weighted by atomic mass is 32.2. The molecule has 0 amide bonds. The molecule has 70 valence electrons. The Morgan fingerprint density at radius 3 is 2.46 bits per heavy atom. The van der Waals surface area contributed by atoms with Crippen molar-refractivity contribution >= 4 is 17.4 Å². The molecule has 0 N–H and O–H groups in total. The maximum absolute atomic E-state index is 10.3. The Bertz CT molecular complexity index is 284. The molecule has 1 aromatic carbocycles. The average molecular weight is 197 g/mol. The van der Waals surface area contributed by atoms with Crippen LogP contribution in [-0.2, 0) is 5.75 Å². The zero-order valence-electron chi connectivity index (χ0n) is 7.40. The van der Waals surface area contributed by atoms with Crippen LogP contribution in [0.15, 0.2) is 24.3 Å². The Hall–Kier alpha value is -1.03. The van der Waals surface area contributed by atoms with Crippen molar-refractivity contribution in [1.29, 1.82) is 0 Å². The summed E-state index contributed by atoms with van der Waals surface area (Å²) in [4.78, 5) is 9.95. The van der Waals surface area contributed by atoms with Crippen LogP contribution in [0.25, 0.3) is 0 Å². The van der Waals surface area contributed by atoms with Crippen LogP contribution in [0.1, 0.15) is 12.5 Å². The van der Waals surface area contributed by atoms with Crippen molar-refractivity contribution in [2.45, 2.75) is 12.7 Å². The fourth-order valence-corrected chi connectivity index (χ4v) is 1.57. The monoisotopic (exact) mass is 197 g/mol. The minimum absolute atomic E-state index is 0.158. The molecule has 0 radical (unpaired) electrons. The SMILES string of the molecule is CCSCc1ccc([N+](=O)[O-])cc1. The third-order valence-corrected chi connectivity index (χ3v) is 2.57. The van der Waals surface area contributed by atoms with E-state index in [1.54, 1.807) is 36.0 Å². The first-order valence-electron chi connectivity index (χ1n) is 4.05. The summed E-state index contributed by atoms with van der Waals surface area (Å²) in [7, 11) is 0. The van der Waals surface area contributed by atoms with E-state index in [1.165, 1.54) is 0 Å². The topological polar surface area (TPSA) is 43.1 Å². The van der Waals surface area contributed by atoms with Crippen molar-refractivity contribution in [3.05, 3.63) is 39.9 Å². The quantitative estimate of drug-likeness (QED) is 0.550. The highest BCUT2D eigenvalue weighted by Gasteiger charge is 2.02. The van der Waals surface area contributed by atoms with E-state index in [0.717, 1.165) is 17.1 Å². The number of hydrogen-bond acceptors (Lipinski definition) is 3. The van der Waals surface area contributed by atoms with Gasteiger partial charge < -0.3 is 0 Å². The predicted octanol–water partition coefficient (Wildman–Crippen LogP) is 2.85. The number of hydrogen-bond donors (Lipinski definition) is 0. The van der Waals surface area contributed by atoms with Crippen molar-refractivity contribution in [2.24, 2.45) is 0 Å². The van der Waals surface area contributed by atoms with Crippen LogP contribution >= 0.6 is 11.8 Å². The number of rotatable bonds is 4. The van der Waals surface area contributed by atoms with E-state index < -0.39 is 0 Å². The summed E-state index contributed by atoms with van der Waals surface area (Å²) in [5.74, 6) is 1.99. The van der Waals surface area contributed by atoms with Gasteiger partial charge in [-0.1, -0.05) is 19.1 Å². The Balaban J connectivity index is 2.64. The van der Waals surface area contributed by atoms with Gasteiger partial charge in [0.25, 0.3) is 5.69 Å². The number of benzene rings is 1. The van der Waals surface area contributed by atoms with E-state index in [-0.39, 0.29) is 10.6 Å². The number of nitro groups is 1. The summed E-state index contributed by atoms with van der Waals surface area (Å²) in [5.41, 5.74) is 1.29. The Morgan fingerprint density at radius 1 is 1.38 bits per heavy atom. The number of non-ortho nitro benzene ring substituents is 1. The maximum atomic E-state index is 10.3. The number of nitro benzene ring substituents is 1. The van der Waals surface area contributed by atoms with E-state index >= 15 is 0 Å². The first-order chi connectivity index (χ1) is 6.24. The van der Waals surface area contributed by atoms with Crippen LogP contribution in [0.4, 0.5) is 5.69 Å². The second-order valence-electron chi connectivity index (χ2n) is 2.56.